The van der Waals surface area contributed by atoms with Gasteiger partial charge in [0.05, 0.1) is 14.2 Å². The van der Waals surface area contributed by atoms with E-state index in [1.165, 1.54) is 11.8 Å². The van der Waals surface area contributed by atoms with Crippen LogP contribution in [-0.2, 0) is 0 Å². The topological polar surface area (TPSA) is 64.7 Å². The van der Waals surface area contributed by atoms with Gasteiger partial charge >= 0.3 is 0 Å². The number of thioether (sulfide) groups is 1. The summed E-state index contributed by atoms with van der Waals surface area (Å²) in [6.07, 6.45) is 0. The number of aliphatic hydroxyl groups excluding tert-OH is 1. The van der Waals surface area contributed by atoms with Gasteiger partial charge in [-0.2, -0.15) is 0 Å². The standard InChI is InChI=1S/C10H15NO3S/c1-13-8-4-3-7(5-9(8)14-2)15-10(12)6-11/h3-5,10,12H,6,11H2,1-2H3. The van der Waals surface area contributed by atoms with Gasteiger partial charge in [-0.25, -0.2) is 0 Å². The predicted octanol–water partition coefficient (Wildman–Crippen LogP) is 1.07. The predicted molar refractivity (Wildman–Crippen MR) is 60.5 cm³/mol. The van der Waals surface area contributed by atoms with Gasteiger partial charge in [-0.15, -0.1) is 0 Å². The van der Waals surface area contributed by atoms with E-state index in [1.54, 1.807) is 20.3 Å². The zero-order chi connectivity index (χ0) is 11.3. The van der Waals surface area contributed by atoms with E-state index in [-0.39, 0.29) is 6.54 Å². The Morgan fingerprint density at radius 2 is 2.00 bits per heavy atom. The van der Waals surface area contributed by atoms with Crippen molar-refractivity contribution in [2.45, 2.75) is 10.3 Å². The molecule has 0 saturated heterocycles. The van der Waals surface area contributed by atoms with Crippen LogP contribution in [0.2, 0.25) is 0 Å². The zero-order valence-electron chi connectivity index (χ0n) is 8.77. The maximum Gasteiger partial charge on any atom is 0.161 e. The molecular weight excluding hydrogens is 214 g/mol. The third-order valence-corrected chi connectivity index (χ3v) is 2.82. The average Bonchev–Trinajstić information content (AvgIpc) is 2.28. The molecule has 0 aliphatic heterocycles. The van der Waals surface area contributed by atoms with Crippen molar-refractivity contribution in [1.29, 1.82) is 0 Å². The fourth-order valence-electron chi connectivity index (χ4n) is 1.10. The second kappa shape index (κ2) is 5.85. The van der Waals surface area contributed by atoms with Crippen molar-refractivity contribution in [3.05, 3.63) is 18.2 Å². The molecule has 0 bridgehead atoms. The van der Waals surface area contributed by atoms with Crippen LogP contribution in [0.4, 0.5) is 0 Å². The Labute approximate surface area is 93.4 Å². The van der Waals surface area contributed by atoms with Gasteiger partial charge in [-0.05, 0) is 18.2 Å². The second-order valence-corrected chi connectivity index (χ2v) is 4.08. The Morgan fingerprint density at radius 3 is 2.53 bits per heavy atom. The van der Waals surface area contributed by atoms with Gasteiger partial charge < -0.3 is 20.3 Å². The molecule has 0 amide bonds. The first-order chi connectivity index (χ1) is 7.21. The minimum absolute atomic E-state index is 0.221. The first kappa shape index (κ1) is 12.2. The van der Waals surface area contributed by atoms with Gasteiger partial charge in [0, 0.05) is 11.4 Å². The van der Waals surface area contributed by atoms with Gasteiger partial charge in [0.2, 0.25) is 0 Å². The van der Waals surface area contributed by atoms with Gasteiger partial charge in [0.1, 0.15) is 5.44 Å². The van der Waals surface area contributed by atoms with E-state index in [0.717, 1.165) is 4.90 Å². The number of hydrogen-bond acceptors (Lipinski definition) is 5. The van der Waals surface area contributed by atoms with E-state index in [2.05, 4.69) is 0 Å². The Kier molecular flexibility index (Phi) is 4.74. The lowest BCUT2D eigenvalue weighted by atomic mass is 10.3. The summed E-state index contributed by atoms with van der Waals surface area (Å²) in [5.41, 5.74) is 4.73. The molecule has 1 aromatic carbocycles. The smallest absolute Gasteiger partial charge is 0.161 e. The van der Waals surface area contributed by atoms with Crippen molar-refractivity contribution in [2.24, 2.45) is 5.73 Å². The third-order valence-electron chi connectivity index (χ3n) is 1.83. The van der Waals surface area contributed by atoms with Crippen LogP contribution < -0.4 is 15.2 Å². The molecular formula is C10H15NO3S. The quantitative estimate of drug-likeness (QED) is 0.584. The molecule has 0 aromatic heterocycles. The monoisotopic (exact) mass is 229 g/mol. The molecule has 5 heteroatoms. The summed E-state index contributed by atoms with van der Waals surface area (Å²) in [4.78, 5) is 0.894. The maximum absolute atomic E-state index is 9.37. The van der Waals surface area contributed by atoms with Crippen molar-refractivity contribution in [2.75, 3.05) is 20.8 Å². The lowest BCUT2D eigenvalue weighted by Crippen LogP contribution is -2.15. The number of hydrogen-bond donors (Lipinski definition) is 2. The minimum atomic E-state index is -0.594. The van der Waals surface area contributed by atoms with Gasteiger partial charge in [0.25, 0.3) is 0 Å². The van der Waals surface area contributed by atoms with E-state index in [1.807, 2.05) is 12.1 Å². The summed E-state index contributed by atoms with van der Waals surface area (Å²) in [5, 5.41) is 9.37. The molecule has 1 atom stereocenters. The van der Waals surface area contributed by atoms with Crippen LogP contribution in [0.25, 0.3) is 0 Å². The molecule has 0 fully saturated rings. The first-order valence-corrected chi connectivity index (χ1v) is 5.36. The number of ether oxygens (including phenoxy) is 2. The molecule has 3 N–H and O–H groups in total. The number of methoxy groups -OCH3 is 2. The van der Waals surface area contributed by atoms with Crippen molar-refractivity contribution >= 4 is 11.8 Å². The molecule has 15 heavy (non-hydrogen) atoms. The van der Waals surface area contributed by atoms with E-state index < -0.39 is 5.44 Å². The highest BCUT2D eigenvalue weighted by atomic mass is 32.2. The molecule has 0 spiro atoms. The molecule has 1 rings (SSSR count). The van der Waals surface area contributed by atoms with Crippen LogP contribution in [0.5, 0.6) is 11.5 Å². The molecule has 0 saturated carbocycles. The number of benzene rings is 1. The molecule has 0 radical (unpaired) electrons. The highest BCUT2D eigenvalue weighted by Gasteiger charge is 2.08. The lowest BCUT2D eigenvalue weighted by molar-refractivity contribution is 0.271. The molecule has 1 unspecified atom stereocenters. The molecule has 0 aliphatic carbocycles. The van der Waals surface area contributed by atoms with E-state index in [0.29, 0.717) is 11.5 Å². The zero-order valence-corrected chi connectivity index (χ0v) is 9.58. The minimum Gasteiger partial charge on any atom is -0.493 e. The third kappa shape index (κ3) is 3.30. The number of rotatable bonds is 5. The Hall–Kier alpha value is -0.910. The normalized spacial score (nSPS) is 12.3. The fraction of sp³-hybridized carbons (Fsp3) is 0.400. The lowest BCUT2D eigenvalue weighted by Gasteiger charge is -2.11. The van der Waals surface area contributed by atoms with Crippen LogP contribution >= 0.6 is 11.8 Å². The van der Waals surface area contributed by atoms with Crippen LogP contribution in [0.3, 0.4) is 0 Å². The van der Waals surface area contributed by atoms with E-state index >= 15 is 0 Å². The summed E-state index contributed by atoms with van der Waals surface area (Å²) >= 11 is 1.29. The highest BCUT2D eigenvalue weighted by Crippen LogP contribution is 2.32. The van der Waals surface area contributed by atoms with Crippen molar-refractivity contribution in [3.63, 3.8) is 0 Å². The van der Waals surface area contributed by atoms with E-state index in [9.17, 15) is 5.11 Å². The maximum atomic E-state index is 9.37. The van der Waals surface area contributed by atoms with Gasteiger partial charge in [-0.3, -0.25) is 0 Å². The molecule has 4 nitrogen and oxygen atoms in total. The van der Waals surface area contributed by atoms with Crippen LogP contribution in [0.1, 0.15) is 0 Å². The fourth-order valence-corrected chi connectivity index (χ4v) is 1.83. The molecule has 84 valence electrons. The Bertz CT molecular complexity index is 320. The molecule has 0 heterocycles. The van der Waals surface area contributed by atoms with Crippen LogP contribution in [0.15, 0.2) is 23.1 Å². The average molecular weight is 229 g/mol. The summed E-state index contributed by atoms with van der Waals surface area (Å²) < 4.78 is 10.2. The van der Waals surface area contributed by atoms with Crippen molar-refractivity contribution in [3.8, 4) is 11.5 Å². The SMILES string of the molecule is COc1ccc(SC(O)CN)cc1OC. The van der Waals surface area contributed by atoms with Gasteiger partial charge in [-0.1, -0.05) is 11.8 Å². The second-order valence-electron chi connectivity index (χ2n) is 2.82. The van der Waals surface area contributed by atoms with E-state index in [4.69, 9.17) is 15.2 Å². The molecule has 0 aliphatic rings. The molecule has 1 aromatic rings. The Morgan fingerprint density at radius 1 is 1.33 bits per heavy atom. The van der Waals surface area contributed by atoms with Crippen LogP contribution in [0, 0.1) is 0 Å². The first-order valence-electron chi connectivity index (χ1n) is 4.48. The van der Waals surface area contributed by atoms with Crippen molar-refractivity contribution in [1.82, 2.24) is 0 Å². The largest absolute Gasteiger partial charge is 0.493 e. The van der Waals surface area contributed by atoms with Crippen LogP contribution in [-0.4, -0.2) is 31.3 Å². The summed E-state index contributed by atoms with van der Waals surface area (Å²) in [6.45, 7) is 0.221. The summed E-state index contributed by atoms with van der Waals surface area (Å²) in [7, 11) is 3.16. The number of aliphatic hydroxyl groups is 1. The van der Waals surface area contributed by atoms with Crippen molar-refractivity contribution < 1.29 is 14.6 Å². The summed E-state index contributed by atoms with van der Waals surface area (Å²) in [5.74, 6) is 1.32. The number of nitrogens with two attached hydrogens (primary N) is 1. The van der Waals surface area contributed by atoms with Gasteiger partial charge in [0.15, 0.2) is 11.5 Å². The summed E-state index contributed by atoms with van der Waals surface area (Å²) in [6, 6.07) is 5.46. The highest BCUT2D eigenvalue weighted by molar-refractivity contribution is 7.99. The Balaban J connectivity index is 2.83.